The van der Waals surface area contributed by atoms with Crippen LogP contribution in [0.5, 0.6) is 5.88 Å². The van der Waals surface area contributed by atoms with Gasteiger partial charge in [0, 0.05) is 19.3 Å². The van der Waals surface area contributed by atoms with Crippen molar-refractivity contribution in [3.05, 3.63) is 66.9 Å². The average Bonchev–Trinajstić information content (AvgIpc) is 2.67. The topological polar surface area (TPSA) is 128 Å². The van der Waals surface area contributed by atoms with Crippen LogP contribution in [-0.4, -0.2) is 28.9 Å². The highest BCUT2D eigenvalue weighted by Gasteiger charge is 2.20. The lowest BCUT2D eigenvalue weighted by Crippen LogP contribution is -2.18. The molecule has 0 aliphatic carbocycles. The number of para-hydroxylation sites is 1. The van der Waals surface area contributed by atoms with E-state index in [2.05, 4.69) is 9.71 Å². The standard InChI is InChI=1S/C18H17N3O5S2.H2/c1-26-18-10-9-14(12-20-18)13-5-4-6-15(11-13)28(24,25)21-16-7-2-3-8-17(16)27(19,22)23;/h2-12,21H,1H3,(H2,19,22,23);1H. The van der Waals surface area contributed by atoms with Gasteiger partial charge in [-0.2, -0.15) is 0 Å². The number of ether oxygens (including phenoxy) is 1. The number of nitrogens with two attached hydrogens (primary N) is 1. The summed E-state index contributed by atoms with van der Waals surface area (Å²) in [5.74, 6) is 0.439. The van der Waals surface area contributed by atoms with Crippen LogP contribution in [0.25, 0.3) is 11.1 Å². The van der Waals surface area contributed by atoms with Crippen molar-refractivity contribution in [3.63, 3.8) is 0 Å². The number of rotatable bonds is 6. The molecule has 0 aliphatic heterocycles. The molecule has 0 radical (unpaired) electrons. The maximum Gasteiger partial charge on any atom is 0.261 e. The Hall–Kier alpha value is -2.95. The van der Waals surface area contributed by atoms with Crippen LogP contribution >= 0.6 is 0 Å². The van der Waals surface area contributed by atoms with E-state index in [4.69, 9.17) is 9.88 Å². The third kappa shape index (κ3) is 4.30. The van der Waals surface area contributed by atoms with E-state index in [9.17, 15) is 16.8 Å². The molecule has 148 valence electrons. The Balaban J connectivity index is 0.00000300. The Labute approximate surface area is 164 Å². The fraction of sp³-hybridized carbons (Fsp3) is 0.0556. The number of nitrogens with one attached hydrogen (secondary N) is 1. The maximum absolute atomic E-state index is 12.8. The summed E-state index contributed by atoms with van der Waals surface area (Å²) in [6, 6.07) is 15.1. The van der Waals surface area contributed by atoms with E-state index in [0.717, 1.165) is 0 Å². The number of methoxy groups -OCH3 is 1. The molecule has 3 N–H and O–H groups in total. The number of anilines is 1. The normalized spacial score (nSPS) is 11.8. The largest absolute Gasteiger partial charge is 0.481 e. The van der Waals surface area contributed by atoms with Gasteiger partial charge in [0.2, 0.25) is 15.9 Å². The fourth-order valence-electron chi connectivity index (χ4n) is 2.52. The molecular formula is C18H19N3O5S2. The molecule has 10 heteroatoms. The number of primary sulfonamides is 1. The van der Waals surface area contributed by atoms with Gasteiger partial charge >= 0.3 is 0 Å². The number of pyridine rings is 1. The molecule has 2 aromatic carbocycles. The predicted octanol–water partition coefficient (Wildman–Crippen LogP) is 2.45. The Kier molecular flexibility index (Phi) is 5.36. The summed E-state index contributed by atoms with van der Waals surface area (Å²) in [4.78, 5) is 3.76. The number of aromatic nitrogens is 1. The molecule has 1 aromatic heterocycles. The zero-order valence-electron chi connectivity index (χ0n) is 14.7. The van der Waals surface area contributed by atoms with Crippen LogP contribution in [-0.2, 0) is 20.0 Å². The Morgan fingerprint density at radius 3 is 2.36 bits per heavy atom. The summed E-state index contributed by atoms with van der Waals surface area (Å²) in [7, 11) is -6.65. The first-order valence-electron chi connectivity index (χ1n) is 7.96. The van der Waals surface area contributed by atoms with Gasteiger partial charge in [0.05, 0.1) is 17.7 Å². The van der Waals surface area contributed by atoms with Crippen molar-refractivity contribution in [1.82, 2.24) is 4.98 Å². The number of benzene rings is 2. The lowest BCUT2D eigenvalue weighted by atomic mass is 10.1. The van der Waals surface area contributed by atoms with E-state index >= 15 is 0 Å². The van der Waals surface area contributed by atoms with Crippen molar-refractivity contribution in [2.24, 2.45) is 5.14 Å². The van der Waals surface area contributed by atoms with E-state index < -0.39 is 20.0 Å². The summed E-state index contributed by atoms with van der Waals surface area (Å²) in [5.41, 5.74) is 1.20. The quantitative estimate of drug-likeness (QED) is 0.629. The Morgan fingerprint density at radius 1 is 0.964 bits per heavy atom. The molecule has 3 rings (SSSR count). The highest BCUT2D eigenvalue weighted by molar-refractivity contribution is 7.93. The average molecular weight is 422 g/mol. The SMILES string of the molecule is COc1ccc(-c2cccc(S(=O)(=O)Nc3ccccc3S(N)(=O)=O)c2)cn1.[HH]. The van der Waals surface area contributed by atoms with Crippen LogP contribution in [0.1, 0.15) is 1.43 Å². The van der Waals surface area contributed by atoms with E-state index in [1.165, 1.54) is 43.5 Å². The van der Waals surface area contributed by atoms with Crippen molar-refractivity contribution in [2.75, 3.05) is 11.8 Å². The van der Waals surface area contributed by atoms with Crippen molar-refractivity contribution in [1.29, 1.82) is 0 Å². The minimum absolute atomic E-state index is 0. The van der Waals surface area contributed by atoms with Gasteiger partial charge in [-0.05, 0) is 35.9 Å². The van der Waals surface area contributed by atoms with E-state index in [1.54, 1.807) is 30.5 Å². The van der Waals surface area contributed by atoms with Gasteiger partial charge in [0.25, 0.3) is 10.0 Å². The second-order valence-electron chi connectivity index (χ2n) is 5.76. The second-order valence-corrected chi connectivity index (χ2v) is 8.98. The van der Waals surface area contributed by atoms with Crippen molar-refractivity contribution in [3.8, 4) is 17.0 Å². The molecule has 0 saturated carbocycles. The van der Waals surface area contributed by atoms with Crippen molar-refractivity contribution in [2.45, 2.75) is 9.79 Å². The molecule has 0 spiro atoms. The van der Waals surface area contributed by atoms with Gasteiger partial charge in [-0.3, -0.25) is 4.72 Å². The minimum Gasteiger partial charge on any atom is -0.481 e. The molecule has 0 bridgehead atoms. The zero-order chi connectivity index (χ0) is 20.4. The summed E-state index contributed by atoms with van der Waals surface area (Å²) >= 11 is 0. The van der Waals surface area contributed by atoms with Crippen LogP contribution in [0.3, 0.4) is 0 Å². The Bertz CT molecular complexity index is 1210. The molecule has 1 heterocycles. The third-order valence-corrected chi connectivity index (χ3v) is 6.19. The van der Waals surface area contributed by atoms with E-state index in [-0.39, 0.29) is 16.9 Å². The summed E-state index contributed by atoms with van der Waals surface area (Å²) in [6.45, 7) is 0. The van der Waals surface area contributed by atoms with Gasteiger partial charge in [-0.25, -0.2) is 27.0 Å². The van der Waals surface area contributed by atoms with E-state index in [1.807, 2.05) is 0 Å². The number of sulfonamides is 2. The third-order valence-electron chi connectivity index (χ3n) is 3.86. The molecule has 28 heavy (non-hydrogen) atoms. The van der Waals surface area contributed by atoms with Gasteiger partial charge < -0.3 is 4.74 Å². The molecule has 0 saturated heterocycles. The molecule has 8 nitrogen and oxygen atoms in total. The molecule has 0 amide bonds. The predicted molar refractivity (Wildman–Crippen MR) is 107 cm³/mol. The van der Waals surface area contributed by atoms with E-state index in [0.29, 0.717) is 17.0 Å². The molecular weight excluding hydrogens is 402 g/mol. The first-order valence-corrected chi connectivity index (χ1v) is 11.0. The first-order chi connectivity index (χ1) is 13.2. The van der Waals surface area contributed by atoms with Crippen LogP contribution in [0.15, 0.2) is 76.7 Å². The van der Waals surface area contributed by atoms with Gasteiger partial charge in [0.1, 0.15) is 4.90 Å². The minimum atomic E-state index is -4.09. The number of hydrogen-bond acceptors (Lipinski definition) is 6. The molecule has 0 aliphatic rings. The first kappa shape index (κ1) is 19.8. The summed E-state index contributed by atoms with van der Waals surface area (Å²) in [6.07, 6.45) is 1.56. The highest BCUT2D eigenvalue weighted by atomic mass is 32.2. The lowest BCUT2D eigenvalue weighted by molar-refractivity contribution is 0.398. The monoisotopic (exact) mass is 421 g/mol. The van der Waals surface area contributed by atoms with Crippen LogP contribution < -0.4 is 14.6 Å². The van der Waals surface area contributed by atoms with Crippen LogP contribution in [0.2, 0.25) is 0 Å². The van der Waals surface area contributed by atoms with Crippen molar-refractivity contribution < 1.29 is 23.0 Å². The number of nitrogens with zero attached hydrogens (tertiary/aromatic N) is 1. The van der Waals surface area contributed by atoms with Crippen LogP contribution in [0, 0.1) is 0 Å². The smallest absolute Gasteiger partial charge is 0.261 e. The van der Waals surface area contributed by atoms with Gasteiger partial charge in [-0.15, -0.1) is 0 Å². The molecule has 0 atom stereocenters. The highest BCUT2D eigenvalue weighted by Crippen LogP contribution is 2.26. The molecule has 0 fully saturated rings. The molecule has 3 aromatic rings. The van der Waals surface area contributed by atoms with Gasteiger partial charge in [-0.1, -0.05) is 24.3 Å². The maximum atomic E-state index is 12.8. The fourth-order valence-corrected chi connectivity index (χ4v) is 4.40. The van der Waals surface area contributed by atoms with Crippen molar-refractivity contribution >= 4 is 25.7 Å². The number of hydrogen-bond donors (Lipinski definition) is 2. The second kappa shape index (κ2) is 7.58. The summed E-state index contributed by atoms with van der Waals surface area (Å²) < 4.78 is 56.2. The molecule has 0 unspecified atom stereocenters. The van der Waals surface area contributed by atoms with Crippen LogP contribution in [0.4, 0.5) is 5.69 Å². The zero-order valence-corrected chi connectivity index (χ0v) is 16.4. The Morgan fingerprint density at radius 2 is 1.71 bits per heavy atom. The summed E-state index contributed by atoms with van der Waals surface area (Å²) in [5, 5.41) is 5.16. The van der Waals surface area contributed by atoms with Gasteiger partial charge in [0.15, 0.2) is 0 Å². The lowest BCUT2D eigenvalue weighted by Gasteiger charge is -2.12.